The van der Waals surface area contributed by atoms with Crippen molar-refractivity contribution in [2.24, 2.45) is 0 Å². The number of nitrogens with zero attached hydrogens (tertiary/aromatic N) is 1. The van der Waals surface area contributed by atoms with E-state index in [-0.39, 0.29) is 18.6 Å². The summed E-state index contributed by atoms with van der Waals surface area (Å²) >= 11 is 0. The molecule has 5 nitrogen and oxygen atoms in total. The Morgan fingerprint density at radius 3 is 2.44 bits per heavy atom. The largest absolute Gasteiger partial charge is 0.485 e. The predicted molar refractivity (Wildman–Crippen MR) is 106 cm³/mol. The first kappa shape index (κ1) is 19.2. The van der Waals surface area contributed by atoms with Crippen LogP contribution < -0.4 is 14.8 Å². The lowest BCUT2D eigenvalue weighted by molar-refractivity contribution is -0.130. The molecule has 0 radical (unpaired) electrons. The third-order valence-corrected chi connectivity index (χ3v) is 4.96. The van der Waals surface area contributed by atoms with Crippen LogP contribution >= 0.6 is 0 Å². The smallest absolute Gasteiger partial charge is 0.264 e. The molecular formula is C22H28N2O3. The molecule has 0 aromatic heterocycles. The maximum absolute atomic E-state index is 12.6. The first-order valence-electron chi connectivity index (χ1n) is 9.65. The second kappa shape index (κ2) is 9.42. The summed E-state index contributed by atoms with van der Waals surface area (Å²) in [5.41, 5.74) is 1.27. The number of para-hydroxylation sites is 2. The molecule has 2 aromatic rings. The number of likely N-dealkylation sites (N-methyl/N-ethyl adjacent to an activating group) is 1. The number of carbonyl (C=O) groups excluding carboxylic acids is 1. The van der Waals surface area contributed by atoms with Crippen LogP contribution in [0.4, 0.5) is 0 Å². The van der Waals surface area contributed by atoms with Crippen LogP contribution in [0, 0.1) is 0 Å². The molecule has 2 atom stereocenters. The number of nitrogens with one attached hydrogen (secondary N) is 1. The quantitative estimate of drug-likeness (QED) is 0.778. The van der Waals surface area contributed by atoms with Gasteiger partial charge in [-0.05, 0) is 37.2 Å². The molecule has 1 heterocycles. The predicted octanol–water partition coefficient (Wildman–Crippen LogP) is 2.90. The fourth-order valence-corrected chi connectivity index (χ4v) is 3.44. The molecule has 0 bridgehead atoms. The molecule has 1 aliphatic heterocycles. The van der Waals surface area contributed by atoms with E-state index in [4.69, 9.17) is 9.47 Å². The van der Waals surface area contributed by atoms with Gasteiger partial charge in [-0.15, -0.1) is 0 Å². The molecule has 1 amide bonds. The fraction of sp³-hybridized carbons (Fsp3) is 0.409. The second-order valence-electron chi connectivity index (χ2n) is 6.67. The number of ether oxygens (including phenoxy) is 2. The Bertz CT molecular complexity index is 731. The average Bonchev–Trinajstić information content (AvgIpc) is 2.72. The summed E-state index contributed by atoms with van der Waals surface area (Å²) in [6.45, 7) is 7.01. The first-order chi connectivity index (χ1) is 13.2. The lowest BCUT2D eigenvalue weighted by Crippen LogP contribution is -2.50. The van der Waals surface area contributed by atoms with Gasteiger partial charge in [-0.1, -0.05) is 56.3 Å². The van der Waals surface area contributed by atoms with E-state index in [2.05, 4.69) is 48.3 Å². The zero-order valence-corrected chi connectivity index (χ0v) is 16.1. The van der Waals surface area contributed by atoms with E-state index in [1.165, 1.54) is 5.56 Å². The van der Waals surface area contributed by atoms with E-state index in [1.807, 2.05) is 30.3 Å². The van der Waals surface area contributed by atoms with Gasteiger partial charge in [0, 0.05) is 12.6 Å². The number of hydrogen-bond donors (Lipinski definition) is 1. The van der Waals surface area contributed by atoms with Crippen LogP contribution in [0.25, 0.3) is 0 Å². The zero-order chi connectivity index (χ0) is 19.1. The number of hydrogen-bond acceptors (Lipinski definition) is 4. The summed E-state index contributed by atoms with van der Waals surface area (Å²) in [7, 11) is 0. The molecule has 2 aromatic carbocycles. The molecule has 0 saturated heterocycles. The van der Waals surface area contributed by atoms with E-state index >= 15 is 0 Å². The topological polar surface area (TPSA) is 50.8 Å². The minimum Gasteiger partial charge on any atom is -0.485 e. The summed E-state index contributed by atoms with van der Waals surface area (Å²) in [5, 5.41) is 3.07. The van der Waals surface area contributed by atoms with Crippen molar-refractivity contribution in [1.82, 2.24) is 10.2 Å². The third-order valence-electron chi connectivity index (χ3n) is 4.96. The summed E-state index contributed by atoms with van der Waals surface area (Å²) in [6, 6.07) is 18.1. The molecule has 0 aliphatic carbocycles. The molecule has 5 heteroatoms. The van der Waals surface area contributed by atoms with E-state index in [9.17, 15) is 4.79 Å². The van der Waals surface area contributed by atoms with Crippen molar-refractivity contribution in [1.29, 1.82) is 0 Å². The molecule has 0 spiro atoms. The second-order valence-corrected chi connectivity index (χ2v) is 6.67. The molecule has 0 saturated carbocycles. The molecule has 2 unspecified atom stereocenters. The Morgan fingerprint density at radius 1 is 1.07 bits per heavy atom. The van der Waals surface area contributed by atoms with E-state index in [0.29, 0.717) is 18.0 Å². The van der Waals surface area contributed by atoms with Gasteiger partial charge in [-0.25, -0.2) is 0 Å². The Balaban J connectivity index is 1.60. The number of benzene rings is 2. The van der Waals surface area contributed by atoms with Crippen molar-refractivity contribution >= 4 is 5.91 Å². The van der Waals surface area contributed by atoms with Crippen LogP contribution in [-0.4, -0.2) is 49.2 Å². The highest BCUT2D eigenvalue weighted by atomic mass is 16.6. The SMILES string of the molecule is CCN(CC)C(CNC(=O)C1COc2ccccc2O1)Cc1ccccc1. The minimum atomic E-state index is -0.617. The number of carbonyl (C=O) groups is 1. The summed E-state index contributed by atoms with van der Waals surface area (Å²) < 4.78 is 11.5. The van der Waals surface area contributed by atoms with Crippen LogP contribution in [0.3, 0.4) is 0 Å². The minimum absolute atomic E-state index is 0.130. The van der Waals surface area contributed by atoms with Crippen LogP contribution in [0.5, 0.6) is 11.5 Å². The normalized spacial score (nSPS) is 16.8. The average molecular weight is 368 g/mol. The standard InChI is InChI=1S/C22H28N2O3/c1-3-24(4-2)18(14-17-10-6-5-7-11-17)15-23-22(25)21-16-26-19-12-8-9-13-20(19)27-21/h5-13,18,21H,3-4,14-16H2,1-2H3,(H,23,25). The summed E-state index contributed by atoms with van der Waals surface area (Å²) in [4.78, 5) is 15.0. The molecule has 1 aliphatic rings. The molecule has 3 rings (SSSR count). The van der Waals surface area contributed by atoms with Crippen molar-refractivity contribution in [3.05, 3.63) is 60.2 Å². The zero-order valence-electron chi connectivity index (χ0n) is 16.1. The van der Waals surface area contributed by atoms with E-state index < -0.39 is 6.10 Å². The van der Waals surface area contributed by atoms with Gasteiger partial charge in [0.25, 0.3) is 5.91 Å². The summed E-state index contributed by atoms with van der Waals surface area (Å²) in [5.74, 6) is 1.18. The lowest BCUT2D eigenvalue weighted by atomic mass is 10.0. The summed E-state index contributed by atoms with van der Waals surface area (Å²) in [6.07, 6.45) is 0.280. The maximum Gasteiger partial charge on any atom is 0.264 e. The van der Waals surface area contributed by atoms with Gasteiger partial charge in [-0.3, -0.25) is 9.69 Å². The van der Waals surface area contributed by atoms with Crippen molar-refractivity contribution in [2.45, 2.75) is 32.4 Å². The van der Waals surface area contributed by atoms with Crippen LogP contribution in [-0.2, 0) is 11.2 Å². The van der Waals surface area contributed by atoms with Gasteiger partial charge in [0.2, 0.25) is 6.10 Å². The van der Waals surface area contributed by atoms with Gasteiger partial charge in [-0.2, -0.15) is 0 Å². The fourth-order valence-electron chi connectivity index (χ4n) is 3.44. The van der Waals surface area contributed by atoms with Gasteiger partial charge >= 0.3 is 0 Å². The molecule has 0 fully saturated rings. The molecular weight excluding hydrogens is 340 g/mol. The Labute approximate surface area is 161 Å². The van der Waals surface area contributed by atoms with Crippen molar-refractivity contribution < 1.29 is 14.3 Å². The first-order valence-corrected chi connectivity index (χ1v) is 9.65. The highest BCUT2D eigenvalue weighted by Crippen LogP contribution is 2.30. The van der Waals surface area contributed by atoms with E-state index in [1.54, 1.807) is 0 Å². The van der Waals surface area contributed by atoms with E-state index in [0.717, 1.165) is 19.5 Å². The van der Waals surface area contributed by atoms with Crippen molar-refractivity contribution in [3.63, 3.8) is 0 Å². The molecule has 1 N–H and O–H groups in total. The number of amides is 1. The van der Waals surface area contributed by atoms with Gasteiger partial charge in [0.05, 0.1) is 0 Å². The highest BCUT2D eigenvalue weighted by Gasteiger charge is 2.28. The Hall–Kier alpha value is -2.53. The van der Waals surface area contributed by atoms with Crippen molar-refractivity contribution in [3.8, 4) is 11.5 Å². The van der Waals surface area contributed by atoms with Gasteiger partial charge in [0.15, 0.2) is 11.5 Å². The molecule has 27 heavy (non-hydrogen) atoms. The number of fused-ring (bicyclic) bond motifs is 1. The number of rotatable bonds is 8. The maximum atomic E-state index is 12.6. The van der Waals surface area contributed by atoms with Crippen LogP contribution in [0.2, 0.25) is 0 Å². The Kier molecular flexibility index (Phi) is 6.71. The van der Waals surface area contributed by atoms with Gasteiger partial charge < -0.3 is 14.8 Å². The molecule has 144 valence electrons. The van der Waals surface area contributed by atoms with Gasteiger partial charge in [0.1, 0.15) is 6.61 Å². The lowest BCUT2D eigenvalue weighted by Gasteiger charge is -2.31. The Morgan fingerprint density at radius 2 is 1.74 bits per heavy atom. The monoisotopic (exact) mass is 368 g/mol. The third kappa shape index (κ3) is 5.01. The highest BCUT2D eigenvalue weighted by molar-refractivity contribution is 5.81. The van der Waals surface area contributed by atoms with Crippen LogP contribution in [0.1, 0.15) is 19.4 Å². The van der Waals surface area contributed by atoms with Crippen LogP contribution in [0.15, 0.2) is 54.6 Å². The van der Waals surface area contributed by atoms with Crippen molar-refractivity contribution in [2.75, 3.05) is 26.2 Å².